The van der Waals surface area contributed by atoms with E-state index in [-0.39, 0.29) is 30.3 Å². The predicted molar refractivity (Wildman–Crippen MR) is 104 cm³/mol. The Kier molecular flexibility index (Phi) is 7.27. The van der Waals surface area contributed by atoms with E-state index in [1.807, 2.05) is 18.2 Å². The van der Waals surface area contributed by atoms with Gasteiger partial charge in [-0.15, -0.1) is 12.4 Å². The third kappa shape index (κ3) is 5.11. The lowest BCUT2D eigenvalue weighted by Gasteiger charge is -2.30. The second kappa shape index (κ2) is 9.43. The minimum Gasteiger partial charge on any atom is -0.449 e. The number of nitrogens with two attached hydrogens (primary N) is 1. The van der Waals surface area contributed by atoms with Gasteiger partial charge in [-0.2, -0.15) is 0 Å². The molecule has 2 aromatic carbocycles. The van der Waals surface area contributed by atoms with E-state index in [2.05, 4.69) is 24.3 Å². The summed E-state index contributed by atoms with van der Waals surface area (Å²) in [4.78, 5) is 24.9. The molecule has 0 bridgehead atoms. The number of ether oxygens (including phenoxy) is 1. The van der Waals surface area contributed by atoms with Gasteiger partial charge in [0, 0.05) is 25.9 Å². The van der Waals surface area contributed by atoms with Gasteiger partial charge in [-0.3, -0.25) is 4.79 Å². The van der Waals surface area contributed by atoms with Crippen molar-refractivity contribution >= 4 is 35.2 Å². The highest BCUT2D eigenvalue weighted by Crippen LogP contribution is 2.21. The van der Waals surface area contributed by atoms with Crippen molar-refractivity contribution in [3.05, 3.63) is 48.0 Å². The molecule has 6 heteroatoms. The number of piperidine rings is 1. The van der Waals surface area contributed by atoms with Crippen molar-refractivity contribution in [3.63, 3.8) is 0 Å². The molecular formula is C20H25ClN2O3. The number of carbonyl (C=O) groups excluding carboxylic acids is 2. The highest BCUT2D eigenvalue weighted by atomic mass is 35.5. The van der Waals surface area contributed by atoms with Crippen LogP contribution in [0.1, 0.15) is 24.8 Å². The van der Waals surface area contributed by atoms with Crippen molar-refractivity contribution in [1.29, 1.82) is 0 Å². The number of amides is 2. The van der Waals surface area contributed by atoms with Crippen molar-refractivity contribution < 1.29 is 14.3 Å². The third-order valence-electron chi connectivity index (χ3n) is 4.84. The van der Waals surface area contributed by atoms with Gasteiger partial charge in [0.1, 0.15) is 0 Å². The highest BCUT2D eigenvalue weighted by Gasteiger charge is 2.24. The van der Waals surface area contributed by atoms with Crippen LogP contribution in [0.2, 0.25) is 0 Å². The first-order chi connectivity index (χ1) is 12.1. The van der Waals surface area contributed by atoms with Crippen LogP contribution in [-0.4, -0.2) is 36.6 Å². The lowest BCUT2D eigenvalue weighted by Crippen LogP contribution is -2.39. The molecule has 5 nitrogen and oxygen atoms in total. The molecule has 1 heterocycles. The number of nitrogens with zero attached hydrogens (tertiary/aromatic N) is 1. The number of hydrogen-bond donors (Lipinski definition) is 1. The molecule has 3 rings (SSSR count). The molecule has 0 aliphatic carbocycles. The number of hydrogen-bond acceptors (Lipinski definition) is 3. The maximum atomic E-state index is 12.2. The van der Waals surface area contributed by atoms with Gasteiger partial charge in [0.25, 0.3) is 0 Å². The number of carbonyl (C=O) groups is 2. The highest BCUT2D eigenvalue weighted by molar-refractivity contribution is 5.86. The molecule has 1 aliphatic rings. The monoisotopic (exact) mass is 376 g/mol. The minimum atomic E-state index is -0.267. The van der Waals surface area contributed by atoms with E-state index in [0.29, 0.717) is 32.5 Å². The molecule has 0 saturated carbocycles. The zero-order valence-corrected chi connectivity index (χ0v) is 15.5. The summed E-state index contributed by atoms with van der Waals surface area (Å²) < 4.78 is 5.45. The van der Waals surface area contributed by atoms with Crippen molar-refractivity contribution in [3.8, 4) is 0 Å². The van der Waals surface area contributed by atoms with Gasteiger partial charge in [-0.05, 0) is 35.1 Å². The molecule has 0 atom stereocenters. The second-order valence-electron chi connectivity index (χ2n) is 6.60. The van der Waals surface area contributed by atoms with Gasteiger partial charge < -0.3 is 15.4 Å². The van der Waals surface area contributed by atoms with E-state index in [1.165, 1.54) is 16.3 Å². The summed E-state index contributed by atoms with van der Waals surface area (Å²) in [6.45, 7) is 1.63. The first-order valence-corrected chi connectivity index (χ1v) is 8.80. The van der Waals surface area contributed by atoms with Gasteiger partial charge >= 0.3 is 6.09 Å². The number of benzene rings is 2. The van der Waals surface area contributed by atoms with E-state index >= 15 is 0 Å². The Morgan fingerprint density at radius 1 is 1.08 bits per heavy atom. The SMILES string of the molecule is Cl.NC(=O)CC1CCN(C(=O)OCCc2cccc3ccccc23)CC1. The average molecular weight is 377 g/mol. The third-order valence-corrected chi connectivity index (χ3v) is 4.84. The number of rotatable bonds is 5. The van der Waals surface area contributed by atoms with E-state index in [9.17, 15) is 9.59 Å². The molecular weight excluding hydrogens is 352 g/mol. The standard InChI is InChI=1S/C20H24N2O3.ClH/c21-19(23)14-15-8-11-22(12-9-15)20(24)25-13-10-17-6-3-5-16-4-1-2-7-18(16)17;/h1-7,15H,8-14H2,(H2,21,23);1H. The summed E-state index contributed by atoms with van der Waals surface area (Å²) in [5, 5.41) is 2.40. The van der Waals surface area contributed by atoms with Gasteiger partial charge in [-0.25, -0.2) is 4.79 Å². The summed E-state index contributed by atoms with van der Waals surface area (Å²) in [5.41, 5.74) is 6.42. The molecule has 1 fully saturated rings. The Hall–Kier alpha value is -2.27. The van der Waals surface area contributed by atoms with Crippen LogP contribution in [0.15, 0.2) is 42.5 Å². The maximum absolute atomic E-state index is 12.2. The van der Waals surface area contributed by atoms with Crippen LogP contribution in [0.5, 0.6) is 0 Å². The van der Waals surface area contributed by atoms with Crippen LogP contribution in [0.4, 0.5) is 4.79 Å². The molecule has 2 aromatic rings. The van der Waals surface area contributed by atoms with Gasteiger partial charge in [-0.1, -0.05) is 42.5 Å². The average Bonchev–Trinajstić information content (AvgIpc) is 2.62. The molecule has 0 unspecified atom stereocenters. The fourth-order valence-electron chi connectivity index (χ4n) is 3.45. The zero-order valence-electron chi connectivity index (χ0n) is 14.7. The number of halogens is 1. The Morgan fingerprint density at radius 3 is 2.50 bits per heavy atom. The Bertz CT molecular complexity index is 752. The minimum absolute atomic E-state index is 0. The lowest BCUT2D eigenvalue weighted by atomic mass is 9.93. The van der Waals surface area contributed by atoms with E-state index in [1.54, 1.807) is 4.90 Å². The molecule has 140 valence electrons. The number of fused-ring (bicyclic) bond motifs is 1. The Morgan fingerprint density at radius 2 is 1.77 bits per heavy atom. The van der Waals surface area contributed by atoms with Crippen molar-refractivity contribution in [2.45, 2.75) is 25.7 Å². The topological polar surface area (TPSA) is 72.6 Å². The van der Waals surface area contributed by atoms with Crippen LogP contribution in [0, 0.1) is 5.92 Å². The van der Waals surface area contributed by atoms with Crippen LogP contribution in [0.25, 0.3) is 10.8 Å². The smallest absolute Gasteiger partial charge is 0.409 e. The fraction of sp³-hybridized carbons (Fsp3) is 0.400. The largest absolute Gasteiger partial charge is 0.449 e. The van der Waals surface area contributed by atoms with Gasteiger partial charge in [0.15, 0.2) is 0 Å². The Balaban J connectivity index is 0.00000243. The van der Waals surface area contributed by atoms with Gasteiger partial charge in [0.2, 0.25) is 5.91 Å². The number of primary amides is 1. The quantitative estimate of drug-likeness (QED) is 0.867. The second-order valence-corrected chi connectivity index (χ2v) is 6.60. The maximum Gasteiger partial charge on any atom is 0.409 e. The van der Waals surface area contributed by atoms with Crippen LogP contribution in [-0.2, 0) is 16.0 Å². The van der Waals surface area contributed by atoms with E-state index in [4.69, 9.17) is 10.5 Å². The summed E-state index contributed by atoms with van der Waals surface area (Å²) in [6.07, 6.45) is 2.45. The molecule has 2 N–H and O–H groups in total. The van der Waals surface area contributed by atoms with Gasteiger partial charge in [0.05, 0.1) is 6.61 Å². The summed E-state index contributed by atoms with van der Waals surface area (Å²) in [7, 11) is 0. The first-order valence-electron chi connectivity index (χ1n) is 8.80. The van der Waals surface area contributed by atoms with Crippen LogP contribution >= 0.6 is 12.4 Å². The Labute approximate surface area is 159 Å². The predicted octanol–water partition coefficient (Wildman–Crippen LogP) is 3.53. The van der Waals surface area contributed by atoms with Crippen molar-refractivity contribution in [1.82, 2.24) is 4.90 Å². The van der Waals surface area contributed by atoms with Crippen LogP contribution < -0.4 is 5.73 Å². The molecule has 0 aromatic heterocycles. The summed E-state index contributed by atoms with van der Waals surface area (Å²) >= 11 is 0. The molecule has 0 spiro atoms. The summed E-state index contributed by atoms with van der Waals surface area (Å²) in [6, 6.07) is 14.4. The molecule has 0 radical (unpaired) electrons. The zero-order chi connectivity index (χ0) is 17.6. The lowest BCUT2D eigenvalue weighted by molar-refractivity contribution is -0.119. The van der Waals surface area contributed by atoms with Crippen LogP contribution in [0.3, 0.4) is 0 Å². The fourth-order valence-corrected chi connectivity index (χ4v) is 3.45. The van der Waals surface area contributed by atoms with E-state index < -0.39 is 0 Å². The first kappa shape index (κ1) is 20.0. The van der Waals surface area contributed by atoms with Crippen molar-refractivity contribution in [2.75, 3.05) is 19.7 Å². The molecule has 26 heavy (non-hydrogen) atoms. The van der Waals surface area contributed by atoms with E-state index in [0.717, 1.165) is 12.8 Å². The molecule has 2 amide bonds. The molecule has 1 aliphatic heterocycles. The summed E-state index contributed by atoms with van der Waals surface area (Å²) in [5.74, 6) is 0.0216. The number of likely N-dealkylation sites (tertiary alicyclic amines) is 1. The molecule has 1 saturated heterocycles. The van der Waals surface area contributed by atoms with Crippen molar-refractivity contribution in [2.24, 2.45) is 11.7 Å². The normalized spacial score (nSPS) is 14.7.